The molecule has 0 saturated carbocycles. The predicted octanol–water partition coefficient (Wildman–Crippen LogP) is 1.87. The monoisotopic (exact) mass is 291 g/mol. The Balaban J connectivity index is 2.48. The molecule has 0 spiro atoms. The van der Waals surface area contributed by atoms with Crippen molar-refractivity contribution in [1.82, 2.24) is 4.72 Å². The summed E-state index contributed by atoms with van der Waals surface area (Å²) in [6.45, 7) is 0.210. The third-order valence-electron chi connectivity index (χ3n) is 2.22. The van der Waals surface area contributed by atoms with Crippen LogP contribution in [0, 0.1) is 0 Å². The summed E-state index contributed by atoms with van der Waals surface area (Å²) in [5, 5.41) is 8.78. The number of aliphatic carboxylic acids is 1. The van der Waals surface area contributed by atoms with Gasteiger partial charge in [-0.1, -0.05) is 17.7 Å². The van der Waals surface area contributed by atoms with Crippen molar-refractivity contribution < 1.29 is 18.3 Å². The minimum Gasteiger partial charge on any atom is -0.481 e. The third kappa shape index (κ3) is 5.03. The molecule has 0 aliphatic carbocycles. The molecule has 1 aromatic carbocycles. The maximum absolute atomic E-state index is 11.8. The van der Waals surface area contributed by atoms with Crippen LogP contribution in [0.25, 0.3) is 0 Å². The Morgan fingerprint density at radius 1 is 1.33 bits per heavy atom. The molecular weight excluding hydrogens is 278 g/mol. The lowest BCUT2D eigenvalue weighted by Crippen LogP contribution is -2.24. The van der Waals surface area contributed by atoms with Crippen LogP contribution < -0.4 is 4.72 Å². The van der Waals surface area contributed by atoms with Gasteiger partial charge in [-0.2, -0.15) is 0 Å². The first kappa shape index (κ1) is 14.9. The zero-order valence-corrected chi connectivity index (χ0v) is 11.2. The van der Waals surface area contributed by atoms with E-state index in [4.69, 9.17) is 16.7 Å². The maximum Gasteiger partial charge on any atom is 0.303 e. The van der Waals surface area contributed by atoms with Crippen molar-refractivity contribution in [2.24, 2.45) is 0 Å². The highest BCUT2D eigenvalue weighted by atomic mass is 35.5. The topological polar surface area (TPSA) is 83.5 Å². The van der Waals surface area contributed by atoms with Gasteiger partial charge in [-0.15, -0.1) is 0 Å². The number of sulfonamides is 1. The SMILES string of the molecule is O=C(O)CCCCNS(=O)(=O)c1cccc(Cl)c1. The minimum atomic E-state index is -3.57. The molecule has 1 rings (SSSR count). The van der Waals surface area contributed by atoms with Crippen molar-refractivity contribution >= 4 is 27.6 Å². The lowest BCUT2D eigenvalue weighted by atomic mass is 10.2. The molecule has 0 radical (unpaired) electrons. The van der Waals surface area contributed by atoms with Crippen molar-refractivity contribution in [3.05, 3.63) is 29.3 Å². The highest BCUT2D eigenvalue weighted by Gasteiger charge is 2.13. The molecule has 0 bridgehead atoms. The standard InChI is InChI=1S/C11H14ClNO4S/c12-9-4-3-5-10(8-9)18(16,17)13-7-2-1-6-11(14)15/h3-5,8,13H,1-2,6-7H2,(H,14,15). The highest BCUT2D eigenvalue weighted by molar-refractivity contribution is 7.89. The van der Waals surface area contributed by atoms with E-state index in [2.05, 4.69) is 4.72 Å². The molecule has 7 heteroatoms. The van der Waals surface area contributed by atoms with E-state index in [1.807, 2.05) is 0 Å². The summed E-state index contributed by atoms with van der Waals surface area (Å²) in [6, 6.07) is 5.96. The number of nitrogens with one attached hydrogen (secondary N) is 1. The molecule has 0 amide bonds. The van der Waals surface area contributed by atoms with Gasteiger partial charge in [0.1, 0.15) is 0 Å². The number of hydrogen-bond acceptors (Lipinski definition) is 3. The number of hydrogen-bond donors (Lipinski definition) is 2. The largest absolute Gasteiger partial charge is 0.481 e. The second-order valence-electron chi connectivity index (χ2n) is 3.71. The number of carboxylic acid groups (broad SMARTS) is 1. The van der Waals surface area contributed by atoms with Crippen molar-refractivity contribution in [3.63, 3.8) is 0 Å². The van der Waals surface area contributed by atoms with E-state index in [0.717, 1.165) is 0 Å². The Morgan fingerprint density at radius 3 is 2.67 bits per heavy atom. The lowest BCUT2D eigenvalue weighted by Gasteiger charge is -2.06. The molecule has 18 heavy (non-hydrogen) atoms. The molecule has 1 aromatic rings. The summed E-state index contributed by atoms with van der Waals surface area (Å²) in [7, 11) is -3.57. The predicted molar refractivity (Wildman–Crippen MR) is 68.1 cm³/mol. The molecule has 0 aliphatic rings. The summed E-state index contributed by atoms with van der Waals surface area (Å²) in [5.74, 6) is -0.882. The van der Waals surface area contributed by atoms with Crippen LogP contribution in [-0.4, -0.2) is 26.0 Å². The number of unbranched alkanes of at least 4 members (excludes halogenated alkanes) is 1. The molecule has 2 N–H and O–H groups in total. The van der Waals surface area contributed by atoms with Gasteiger partial charge in [0.25, 0.3) is 0 Å². The second kappa shape index (κ2) is 6.72. The van der Waals surface area contributed by atoms with Gasteiger partial charge in [0.2, 0.25) is 10.0 Å². The fourth-order valence-electron chi connectivity index (χ4n) is 1.33. The fraction of sp³-hybridized carbons (Fsp3) is 0.364. The molecule has 0 aromatic heterocycles. The smallest absolute Gasteiger partial charge is 0.303 e. The Labute approximate surface area is 111 Å². The molecular formula is C11H14ClNO4S. The van der Waals surface area contributed by atoms with E-state index in [9.17, 15) is 13.2 Å². The van der Waals surface area contributed by atoms with Crippen molar-refractivity contribution in [2.75, 3.05) is 6.54 Å². The Bertz CT molecular complexity index is 516. The molecule has 0 saturated heterocycles. The number of carbonyl (C=O) groups is 1. The maximum atomic E-state index is 11.8. The van der Waals surface area contributed by atoms with Gasteiger partial charge in [0, 0.05) is 18.0 Å². The van der Waals surface area contributed by atoms with Crippen LogP contribution in [-0.2, 0) is 14.8 Å². The third-order valence-corrected chi connectivity index (χ3v) is 3.91. The molecule has 5 nitrogen and oxygen atoms in total. The van der Waals surface area contributed by atoms with Crippen LogP contribution in [0.2, 0.25) is 5.02 Å². The first-order chi connectivity index (χ1) is 8.42. The van der Waals surface area contributed by atoms with Gasteiger partial charge in [0.05, 0.1) is 4.90 Å². The summed E-state index contributed by atoms with van der Waals surface area (Å²) < 4.78 is 26.0. The van der Waals surface area contributed by atoms with Gasteiger partial charge in [0.15, 0.2) is 0 Å². The molecule has 0 aliphatic heterocycles. The van der Waals surface area contributed by atoms with E-state index in [1.165, 1.54) is 12.1 Å². The Morgan fingerprint density at radius 2 is 2.06 bits per heavy atom. The molecule has 0 heterocycles. The van der Waals surface area contributed by atoms with Gasteiger partial charge in [-0.05, 0) is 31.0 Å². The van der Waals surface area contributed by atoms with E-state index in [0.29, 0.717) is 17.9 Å². The first-order valence-corrected chi connectivity index (χ1v) is 7.25. The number of rotatable bonds is 7. The summed E-state index contributed by atoms with van der Waals surface area (Å²) in [5.41, 5.74) is 0. The van der Waals surface area contributed by atoms with Crippen LogP contribution in [0.1, 0.15) is 19.3 Å². The van der Waals surface area contributed by atoms with Crippen LogP contribution in [0.5, 0.6) is 0 Å². The normalized spacial score (nSPS) is 11.4. The lowest BCUT2D eigenvalue weighted by molar-refractivity contribution is -0.137. The van der Waals surface area contributed by atoms with Crippen LogP contribution in [0.15, 0.2) is 29.2 Å². The summed E-state index contributed by atoms with van der Waals surface area (Å²) in [4.78, 5) is 10.4. The van der Waals surface area contributed by atoms with Gasteiger partial charge in [-0.3, -0.25) is 4.79 Å². The zero-order chi connectivity index (χ0) is 13.6. The zero-order valence-electron chi connectivity index (χ0n) is 9.60. The van der Waals surface area contributed by atoms with E-state index in [1.54, 1.807) is 12.1 Å². The first-order valence-electron chi connectivity index (χ1n) is 5.39. The Hall–Kier alpha value is -1.11. The summed E-state index contributed by atoms with van der Waals surface area (Å²) in [6.07, 6.45) is 0.957. The average Bonchev–Trinajstić information content (AvgIpc) is 2.28. The molecule has 100 valence electrons. The quantitative estimate of drug-likeness (QED) is 0.751. The van der Waals surface area contributed by atoms with Gasteiger partial charge >= 0.3 is 5.97 Å². The fourth-order valence-corrected chi connectivity index (χ4v) is 2.70. The second-order valence-corrected chi connectivity index (χ2v) is 5.91. The molecule has 0 atom stereocenters. The van der Waals surface area contributed by atoms with Crippen molar-refractivity contribution in [2.45, 2.75) is 24.2 Å². The molecule has 0 fully saturated rings. The molecule has 0 unspecified atom stereocenters. The van der Waals surface area contributed by atoms with Crippen molar-refractivity contribution in [1.29, 1.82) is 0 Å². The summed E-state index contributed by atoms with van der Waals surface area (Å²) >= 11 is 5.71. The number of carboxylic acids is 1. The highest BCUT2D eigenvalue weighted by Crippen LogP contribution is 2.15. The van der Waals surface area contributed by atoms with Crippen LogP contribution in [0.4, 0.5) is 0 Å². The minimum absolute atomic E-state index is 0.0406. The average molecular weight is 292 g/mol. The van der Waals surface area contributed by atoms with Gasteiger partial charge in [-0.25, -0.2) is 13.1 Å². The van der Waals surface area contributed by atoms with Crippen molar-refractivity contribution in [3.8, 4) is 0 Å². The Kier molecular flexibility index (Phi) is 5.58. The van der Waals surface area contributed by atoms with Gasteiger partial charge < -0.3 is 5.11 Å². The van der Waals surface area contributed by atoms with E-state index in [-0.39, 0.29) is 17.9 Å². The van der Waals surface area contributed by atoms with Crippen LogP contribution >= 0.6 is 11.6 Å². The van der Waals surface area contributed by atoms with E-state index >= 15 is 0 Å². The van der Waals surface area contributed by atoms with E-state index < -0.39 is 16.0 Å². The number of benzene rings is 1. The number of halogens is 1. The van der Waals surface area contributed by atoms with Crippen LogP contribution in [0.3, 0.4) is 0 Å².